The zero-order chi connectivity index (χ0) is 14.9. The lowest BCUT2D eigenvalue weighted by molar-refractivity contribution is -0.185. The van der Waals surface area contributed by atoms with Crippen molar-refractivity contribution in [3.05, 3.63) is 12.7 Å². The summed E-state index contributed by atoms with van der Waals surface area (Å²) in [5.74, 6) is 0.104. The topological polar surface area (TPSA) is 49.8 Å². The summed E-state index contributed by atoms with van der Waals surface area (Å²) in [5.41, 5.74) is -1.36. The molecule has 4 fully saturated rings. The van der Waals surface area contributed by atoms with Crippen LogP contribution >= 0.6 is 0 Å². The molecule has 0 spiro atoms. The summed E-state index contributed by atoms with van der Waals surface area (Å²) >= 11 is 0. The number of aliphatic hydroxyl groups is 1. The second kappa shape index (κ2) is 6.09. The van der Waals surface area contributed by atoms with Gasteiger partial charge in [0.15, 0.2) is 5.60 Å². The van der Waals surface area contributed by atoms with E-state index >= 15 is 0 Å². The van der Waals surface area contributed by atoms with Gasteiger partial charge in [0.25, 0.3) is 0 Å². The molecule has 1 N–H and O–H groups in total. The largest absolute Gasteiger partial charge is 0.459 e. The van der Waals surface area contributed by atoms with Crippen LogP contribution in [-0.2, 0) is 9.53 Å². The van der Waals surface area contributed by atoms with Crippen LogP contribution in [0, 0.1) is 11.8 Å². The van der Waals surface area contributed by atoms with Crippen molar-refractivity contribution in [3.63, 3.8) is 0 Å². The van der Waals surface area contributed by atoms with Crippen LogP contribution in [0.4, 0.5) is 0 Å². The Kier molecular flexibility index (Phi) is 4.36. The molecule has 2 bridgehead atoms. The Morgan fingerprint density at radius 3 is 2.48 bits per heavy atom. The van der Waals surface area contributed by atoms with Gasteiger partial charge in [-0.1, -0.05) is 18.9 Å². The summed E-state index contributed by atoms with van der Waals surface area (Å²) in [5, 5.41) is 10.9. The second-order valence-corrected chi connectivity index (χ2v) is 6.98. The van der Waals surface area contributed by atoms with E-state index < -0.39 is 11.6 Å². The fraction of sp³-hybridized carbons (Fsp3) is 0.824. The van der Waals surface area contributed by atoms with Crippen LogP contribution in [0.1, 0.15) is 44.9 Å². The molecular weight excluding hydrogens is 266 g/mol. The zero-order valence-corrected chi connectivity index (χ0v) is 12.8. The Labute approximate surface area is 127 Å². The maximum Gasteiger partial charge on any atom is 0.339 e. The number of esters is 1. The van der Waals surface area contributed by atoms with Crippen LogP contribution in [0.25, 0.3) is 0 Å². The third kappa shape index (κ3) is 2.88. The monoisotopic (exact) mass is 293 g/mol. The quantitative estimate of drug-likeness (QED) is 0.623. The van der Waals surface area contributed by atoms with Gasteiger partial charge in [0.1, 0.15) is 6.10 Å². The normalized spacial score (nSPS) is 35.4. The van der Waals surface area contributed by atoms with Gasteiger partial charge in [0, 0.05) is 13.0 Å². The van der Waals surface area contributed by atoms with Crippen molar-refractivity contribution in [2.24, 2.45) is 11.8 Å². The Hall–Kier alpha value is -0.870. The number of carbonyl (C=O) groups excluding carboxylic acids is 1. The van der Waals surface area contributed by atoms with Gasteiger partial charge >= 0.3 is 5.97 Å². The van der Waals surface area contributed by atoms with Crippen molar-refractivity contribution in [2.45, 2.75) is 56.7 Å². The van der Waals surface area contributed by atoms with Gasteiger partial charge in [-0.15, -0.1) is 6.58 Å². The molecule has 2 unspecified atom stereocenters. The summed E-state index contributed by atoms with van der Waals surface area (Å²) in [6, 6.07) is 0. The number of ether oxygens (including phenoxy) is 1. The Morgan fingerprint density at radius 1 is 1.29 bits per heavy atom. The van der Waals surface area contributed by atoms with Crippen molar-refractivity contribution < 1.29 is 14.6 Å². The van der Waals surface area contributed by atoms with Crippen molar-refractivity contribution in [1.29, 1.82) is 0 Å². The standard InChI is InChI=1S/C17H27NO3/c1-2-9-17(20,14-5-3-4-6-14)16(19)21-15-12-18-10-7-13(15)8-11-18/h2,13-15,20H,1,3-12H2. The molecule has 1 saturated carbocycles. The predicted octanol–water partition coefficient (Wildman–Crippen LogP) is 2.12. The first kappa shape index (κ1) is 15.0. The van der Waals surface area contributed by atoms with Gasteiger partial charge < -0.3 is 9.84 Å². The first-order valence-corrected chi connectivity index (χ1v) is 8.40. The second-order valence-electron chi connectivity index (χ2n) is 6.98. The van der Waals surface area contributed by atoms with E-state index in [0.717, 1.165) is 58.2 Å². The SMILES string of the molecule is C=CCC(O)(C(=O)OC1CN2CCC1CC2)C1CCCC1. The molecule has 3 aliphatic heterocycles. The third-order valence-electron chi connectivity index (χ3n) is 5.69. The Bertz CT molecular complexity index is 397. The molecule has 4 aliphatic rings. The number of nitrogens with zero attached hydrogens (tertiary/aromatic N) is 1. The predicted molar refractivity (Wildman–Crippen MR) is 80.8 cm³/mol. The molecule has 4 rings (SSSR count). The molecule has 4 heteroatoms. The molecule has 3 saturated heterocycles. The highest BCUT2D eigenvalue weighted by Crippen LogP contribution is 2.38. The van der Waals surface area contributed by atoms with Crippen molar-refractivity contribution in [3.8, 4) is 0 Å². The molecule has 0 radical (unpaired) electrons. The average Bonchev–Trinajstić information content (AvgIpc) is 3.03. The molecule has 0 amide bonds. The minimum Gasteiger partial charge on any atom is -0.459 e. The maximum atomic E-state index is 12.6. The van der Waals surface area contributed by atoms with Gasteiger partial charge in [-0.2, -0.15) is 0 Å². The number of fused-ring (bicyclic) bond motifs is 3. The van der Waals surface area contributed by atoms with E-state index in [1.54, 1.807) is 6.08 Å². The highest BCUT2D eigenvalue weighted by atomic mass is 16.6. The van der Waals surface area contributed by atoms with Crippen LogP contribution in [0.15, 0.2) is 12.7 Å². The minimum absolute atomic E-state index is 0.0299. The average molecular weight is 293 g/mol. The summed E-state index contributed by atoms with van der Waals surface area (Å²) in [4.78, 5) is 15.0. The van der Waals surface area contributed by atoms with E-state index in [0.29, 0.717) is 12.3 Å². The van der Waals surface area contributed by atoms with E-state index in [1.165, 1.54) is 0 Å². The fourth-order valence-electron chi connectivity index (χ4n) is 4.32. The molecule has 118 valence electrons. The highest BCUT2D eigenvalue weighted by Gasteiger charge is 2.47. The first-order chi connectivity index (χ1) is 10.1. The Morgan fingerprint density at radius 2 is 1.95 bits per heavy atom. The molecule has 2 atom stereocenters. The minimum atomic E-state index is -1.36. The van der Waals surface area contributed by atoms with Crippen molar-refractivity contribution >= 4 is 5.97 Å². The highest BCUT2D eigenvalue weighted by molar-refractivity contribution is 5.80. The fourth-order valence-corrected chi connectivity index (χ4v) is 4.32. The number of piperidine rings is 3. The molecule has 21 heavy (non-hydrogen) atoms. The molecule has 0 aromatic heterocycles. The van der Waals surface area contributed by atoms with Crippen LogP contribution in [-0.4, -0.2) is 47.3 Å². The molecular formula is C17H27NO3. The lowest BCUT2D eigenvalue weighted by atomic mass is 9.82. The zero-order valence-electron chi connectivity index (χ0n) is 12.8. The molecule has 0 aromatic carbocycles. The van der Waals surface area contributed by atoms with E-state index in [-0.39, 0.29) is 12.0 Å². The number of hydrogen-bond acceptors (Lipinski definition) is 4. The van der Waals surface area contributed by atoms with Gasteiger partial charge in [-0.05, 0) is 50.6 Å². The van der Waals surface area contributed by atoms with Crippen LogP contribution in [0.2, 0.25) is 0 Å². The van der Waals surface area contributed by atoms with Crippen molar-refractivity contribution in [2.75, 3.05) is 19.6 Å². The van der Waals surface area contributed by atoms with Gasteiger partial charge in [0.05, 0.1) is 0 Å². The molecule has 0 aromatic rings. The first-order valence-electron chi connectivity index (χ1n) is 8.40. The summed E-state index contributed by atoms with van der Waals surface area (Å²) < 4.78 is 5.78. The maximum absolute atomic E-state index is 12.6. The van der Waals surface area contributed by atoms with E-state index in [4.69, 9.17) is 4.74 Å². The lowest BCUT2D eigenvalue weighted by Crippen LogP contribution is -2.55. The summed E-state index contributed by atoms with van der Waals surface area (Å²) in [7, 11) is 0. The van der Waals surface area contributed by atoms with E-state index in [9.17, 15) is 9.90 Å². The Balaban J connectivity index is 1.67. The molecule has 1 aliphatic carbocycles. The van der Waals surface area contributed by atoms with Crippen LogP contribution in [0.5, 0.6) is 0 Å². The van der Waals surface area contributed by atoms with E-state index in [2.05, 4.69) is 11.5 Å². The summed E-state index contributed by atoms with van der Waals surface area (Å²) in [6.07, 6.45) is 8.17. The lowest BCUT2D eigenvalue weighted by Gasteiger charge is -2.45. The van der Waals surface area contributed by atoms with Gasteiger partial charge in [0.2, 0.25) is 0 Å². The third-order valence-corrected chi connectivity index (χ3v) is 5.69. The van der Waals surface area contributed by atoms with Gasteiger partial charge in [-0.3, -0.25) is 4.90 Å². The van der Waals surface area contributed by atoms with Crippen LogP contribution < -0.4 is 0 Å². The van der Waals surface area contributed by atoms with Gasteiger partial charge in [-0.25, -0.2) is 4.79 Å². The summed E-state index contributed by atoms with van der Waals surface area (Å²) in [6.45, 7) is 6.79. The molecule has 4 nitrogen and oxygen atoms in total. The number of hydrogen-bond donors (Lipinski definition) is 1. The number of carbonyl (C=O) groups is 1. The van der Waals surface area contributed by atoms with Crippen LogP contribution in [0.3, 0.4) is 0 Å². The van der Waals surface area contributed by atoms with Crippen molar-refractivity contribution in [1.82, 2.24) is 4.90 Å². The number of rotatable bonds is 5. The molecule has 3 heterocycles. The van der Waals surface area contributed by atoms with E-state index in [1.807, 2.05) is 0 Å². The smallest absolute Gasteiger partial charge is 0.339 e.